The monoisotopic (exact) mass is 449 g/mol. The van der Waals surface area contributed by atoms with Crippen LogP contribution in [-0.2, 0) is 4.79 Å². The molecule has 0 radical (unpaired) electrons. The number of alkyl halides is 3. The van der Waals surface area contributed by atoms with Crippen LogP contribution in [0.1, 0.15) is 18.9 Å². The number of rotatable bonds is 5. The number of carbonyl (C=O) groups is 1. The number of hydrogen-bond donors (Lipinski definition) is 0. The van der Waals surface area contributed by atoms with Crippen molar-refractivity contribution >= 4 is 34.2 Å². The van der Waals surface area contributed by atoms with Gasteiger partial charge < -0.3 is 9.64 Å². The number of allylic oxidation sites excluding steroid dienone is 1. The minimum absolute atomic E-state index is 0.0984. The third-order valence-corrected chi connectivity index (χ3v) is 4.41. The van der Waals surface area contributed by atoms with Crippen molar-refractivity contribution in [2.24, 2.45) is 0 Å². The van der Waals surface area contributed by atoms with E-state index in [4.69, 9.17) is 4.74 Å². The van der Waals surface area contributed by atoms with Gasteiger partial charge in [-0.3, -0.25) is 4.79 Å². The molecule has 1 aromatic carbocycles. The van der Waals surface area contributed by atoms with Crippen LogP contribution in [0, 0.1) is 17.7 Å². The van der Waals surface area contributed by atoms with Crippen molar-refractivity contribution < 1.29 is 22.7 Å². The molecule has 0 aromatic heterocycles. The quantitative estimate of drug-likeness (QED) is 0.388. The first-order valence-electron chi connectivity index (χ1n) is 7.20. The molecule has 1 aliphatic heterocycles. The Balaban J connectivity index is 2.30. The molecule has 3 nitrogen and oxygen atoms in total. The molecule has 0 N–H and O–H groups in total. The van der Waals surface area contributed by atoms with Gasteiger partial charge >= 0.3 is 0 Å². The Labute approximate surface area is 152 Å². The Morgan fingerprint density at radius 1 is 1.46 bits per heavy atom. The number of amides is 1. The third-order valence-electron chi connectivity index (χ3n) is 3.37. The van der Waals surface area contributed by atoms with Gasteiger partial charge in [0, 0.05) is 11.6 Å². The summed E-state index contributed by atoms with van der Waals surface area (Å²) >= 11 is 1.90. The zero-order chi connectivity index (χ0) is 17.7. The molecule has 0 bridgehead atoms. The Morgan fingerprint density at radius 3 is 2.83 bits per heavy atom. The van der Waals surface area contributed by atoms with Crippen LogP contribution in [0.4, 0.5) is 13.2 Å². The highest BCUT2D eigenvalue weighted by atomic mass is 127. The molecule has 1 aromatic rings. The lowest BCUT2D eigenvalue weighted by Crippen LogP contribution is -2.41. The van der Waals surface area contributed by atoms with Gasteiger partial charge in [-0.15, -0.1) is 5.92 Å². The standard InChI is InChI=1S/C17H15F3INO2/c1-2-3-8-24-11-4-5-12(13(18)9-11)15-7-6-14(21)17(23)22(15)10-16(19)20/h4-5,7,9,14,16H,6,8,10H2,1H3. The molecule has 0 spiro atoms. The van der Waals surface area contributed by atoms with E-state index in [2.05, 4.69) is 11.8 Å². The van der Waals surface area contributed by atoms with Crippen molar-refractivity contribution in [3.05, 3.63) is 35.7 Å². The lowest BCUT2D eigenvalue weighted by atomic mass is 10.0. The second-order valence-electron chi connectivity index (χ2n) is 4.99. The summed E-state index contributed by atoms with van der Waals surface area (Å²) in [6.45, 7) is 1.04. The molecule has 1 amide bonds. The van der Waals surface area contributed by atoms with E-state index in [-0.39, 0.29) is 23.6 Å². The van der Waals surface area contributed by atoms with Crippen LogP contribution in [0.5, 0.6) is 5.75 Å². The molecular formula is C17H15F3INO2. The smallest absolute Gasteiger partial charge is 0.256 e. The van der Waals surface area contributed by atoms with Gasteiger partial charge in [0.15, 0.2) is 0 Å². The first kappa shape index (κ1) is 18.6. The zero-order valence-electron chi connectivity index (χ0n) is 12.9. The van der Waals surface area contributed by atoms with Gasteiger partial charge in [-0.25, -0.2) is 13.2 Å². The molecule has 24 heavy (non-hydrogen) atoms. The van der Waals surface area contributed by atoms with Crippen LogP contribution in [0.15, 0.2) is 24.3 Å². The van der Waals surface area contributed by atoms with Crippen molar-refractivity contribution in [1.29, 1.82) is 0 Å². The van der Waals surface area contributed by atoms with Crippen LogP contribution in [0.25, 0.3) is 5.70 Å². The summed E-state index contributed by atoms with van der Waals surface area (Å²) in [4.78, 5) is 13.1. The highest BCUT2D eigenvalue weighted by molar-refractivity contribution is 14.1. The summed E-state index contributed by atoms with van der Waals surface area (Å²) in [5, 5.41) is 0. The third kappa shape index (κ3) is 4.44. The van der Waals surface area contributed by atoms with Crippen molar-refractivity contribution in [2.75, 3.05) is 13.2 Å². The van der Waals surface area contributed by atoms with E-state index >= 15 is 0 Å². The second-order valence-corrected chi connectivity index (χ2v) is 6.49. The Kier molecular flexibility index (Phi) is 6.54. The fourth-order valence-corrected chi connectivity index (χ4v) is 2.87. The van der Waals surface area contributed by atoms with E-state index in [1.54, 1.807) is 13.0 Å². The summed E-state index contributed by atoms with van der Waals surface area (Å²) in [5.41, 5.74) is 0.270. The molecule has 1 aliphatic rings. The van der Waals surface area contributed by atoms with Crippen molar-refractivity contribution in [3.8, 4) is 17.6 Å². The predicted molar refractivity (Wildman–Crippen MR) is 93.5 cm³/mol. The average molecular weight is 449 g/mol. The van der Waals surface area contributed by atoms with Gasteiger partial charge in [0.2, 0.25) is 5.91 Å². The van der Waals surface area contributed by atoms with Gasteiger partial charge in [0.25, 0.3) is 6.43 Å². The first-order valence-corrected chi connectivity index (χ1v) is 8.44. The van der Waals surface area contributed by atoms with E-state index in [1.807, 2.05) is 22.6 Å². The molecular weight excluding hydrogens is 434 g/mol. The van der Waals surface area contributed by atoms with E-state index < -0.39 is 28.6 Å². The molecule has 0 fully saturated rings. The molecule has 2 rings (SSSR count). The Bertz CT molecular complexity index is 710. The van der Waals surface area contributed by atoms with Crippen LogP contribution in [0.3, 0.4) is 0 Å². The number of halogens is 4. The van der Waals surface area contributed by atoms with Crippen LogP contribution < -0.4 is 4.74 Å². The van der Waals surface area contributed by atoms with Gasteiger partial charge in [-0.05, 0) is 25.5 Å². The second kappa shape index (κ2) is 8.42. The first-order chi connectivity index (χ1) is 11.4. The number of carbonyl (C=O) groups excluding carboxylic acids is 1. The van der Waals surface area contributed by atoms with Crippen LogP contribution in [0.2, 0.25) is 0 Å². The van der Waals surface area contributed by atoms with Crippen molar-refractivity contribution in [1.82, 2.24) is 4.90 Å². The summed E-state index contributed by atoms with van der Waals surface area (Å²) in [6, 6.07) is 4.11. The molecule has 7 heteroatoms. The van der Waals surface area contributed by atoms with Crippen molar-refractivity contribution in [2.45, 2.75) is 23.7 Å². The van der Waals surface area contributed by atoms with Gasteiger partial charge in [-0.2, -0.15) is 0 Å². The number of benzene rings is 1. The minimum atomic E-state index is -2.70. The maximum absolute atomic E-state index is 14.4. The zero-order valence-corrected chi connectivity index (χ0v) is 15.0. The molecule has 128 valence electrons. The molecule has 0 aliphatic carbocycles. The fourth-order valence-electron chi connectivity index (χ4n) is 2.28. The number of ether oxygens (including phenoxy) is 1. The highest BCUT2D eigenvalue weighted by Gasteiger charge is 2.32. The minimum Gasteiger partial charge on any atom is -0.481 e. The SMILES string of the molecule is CC#CCOc1ccc(C2=CCC(I)C(=O)N2CC(F)F)c(F)c1. The maximum Gasteiger partial charge on any atom is 0.256 e. The fraction of sp³-hybridized carbons (Fsp3) is 0.353. The summed E-state index contributed by atoms with van der Waals surface area (Å²) in [6.07, 6.45) is -0.710. The summed E-state index contributed by atoms with van der Waals surface area (Å²) < 4.78 is 44.8. The Hall–Kier alpha value is -1.69. The topological polar surface area (TPSA) is 29.5 Å². The predicted octanol–water partition coefficient (Wildman–Crippen LogP) is 3.87. The van der Waals surface area contributed by atoms with Gasteiger partial charge in [0.05, 0.1) is 16.2 Å². The highest BCUT2D eigenvalue weighted by Crippen LogP contribution is 2.32. The van der Waals surface area contributed by atoms with Gasteiger partial charge in [-0.1, -0.05) is 34.6 Å². The van der Waals surface area contributed by atoms with E-state index in [1.165, 1.54) is 12.1 Å². The molecule has 1 atom stereocenters. The Morgan fingerprint density at radius 2 is 2.21 bits per heavy atom. The molecule has 0 saturated carbocycles. The lowest BCUT2D eigenvalue weighted by molar-refractivity contribution is -0.128. The van der Waals surface area contributed by atoms with E-state index in [9.17, 15) is 18.0 Å². The number of hydrogen-bond acceptors (Lipinski definition) is 2. The van der Waals surface area contributed by atoms with E-state index in [0.29, 0.717) is 6.42 Å². The summed E-state index contributed by atoms with van der Waals surface area (Å²) in [5.74, 6) is 4.56. The van der Waals surface area contributed by atoms with Crippen molar-refractivity contribution in [3.63, 3.8) is 0 Å². The van der Waals surface area contributed by atoms with Crippen LogP contribution >= 0.6 is 22.6 Å². The number of nitrogens with zero attached hydrogens (tertiary/aromatic N) is 1. The molecule has 0 saturated heterocycles. The maximum atomic E-state index is 14.4. The normalized spacial score (nSPS) is 17.4. The average Bonchev–Trinajstić information content (AvgIpc) is 2.53. The lowest BCUT2D eigenvalue weighted by Gasteiger charge is -2.31. The molecule has 1 heterocycles. The summed E-state index contributed by atoms with van der Waals surface area (Å²) in [7, 11) is 0. The van der Waals surface area contributed by atoms with E-state index in [0.717, 1.165) is 11.0 Å². The molecule has 1 unspecified atom stereocenters. The van der Waals surface area contributed by atoms with Crippen LogP contribution in [-0.4, -0.2) is 34.3 Å². The van der Waals surface area contributed by atoms with Gasteiger partial charge in [0.1, 0.15) is 18.2 Å². The largest absolute Gasteiger partial charge is 0.481 e.